The van der Waals surface area contributed by atoms with Crippen molar-refractivity contribution in [2.24, 2.45) is 11.7 Å². The molecule has 4 nitrogen and oxygen atoms in total. The monoisotopic (exact) mass is 176 g/mol. The summed E-state index contributed by atoms with van der Waals surface area (Å²) in [4.78, 5) is 0. The van der Waals surface area contributed by atoms with Crippen LogP contribution in [-0.2, 0) is 0 Å². The van der Waals surface area contributed by atoms with Gasteiger partial charge in [0.25, 0.3) is 0 Å². The van der Waals surface area contributed by atoms with E-state index < -0.39 is 0 Å². The number of halogens is 1. The Hall–Kier alpha value is -0.450. The fourth-order valence-corrected chi connectivity index (χ4v) is 1.55. The molecule has 1 saturated heterocycles. The van der Waals surface area contributed by atoms with Gasteiger partial charge in [-0.1, -0.05) is 0 Å². The highest BCUT2D eigenvalue weighted by atomic mass is 35.5. The number of nitrogens with one attached hydrogen (secondary N) is 2. The van der Waals surface area contributed by atoms with E-state index in [1.807, 2.05) is 18.3 Å². The van der Waals surface area contributed by atoms with Gasteiger partial charge in [-0.05, 0) is 0 Å². The maximum Gasteiger partial charge on any atom is 0.0829 e. The molecular formula is C6H13ClN4. The fourth-order valence-electron chi connectivity index (χ4n) is 1.55. The predicted molar refractivity (Wildman–Crippen MR) is 45.7 cm³/mol. The Balaban J connectivity index is 0.000000605. The zero-order valence-electron chi connectivity index (χ0n) is 6.37. The van der Waals surface area contributed by atoms with Crippen molar-refractivity contribution >= 4 is 12.4 Å². The maximum absolute atomic E-state index is 5.78. The van der Waals surface area contributed by atoms with Crippen molar-refractivity contribution in [3.63, 3.8) is 0 Å². The smallest absolute Gasteiger partial charge is 0.0829 e. The van der Waals surface area contributed by atoms with Gasteiger partial charge in [0.05, 0.1) is 11.9 Å². The summed E-state index contributed by atoms with van der Waals surface area (Å²) in [5.41, 5.74) is 10.2. The summed E-state index contributed by atoms with van der Waals surface area (Å²) in [5.74, 6) is 0.463. The third-order valence-electron chi connectivity index (χ3n) is 2.13. The second kappa shape index (κ2) is 2.89. The van der Waals surface area contributed by atoms with Crippen molar-refractivity contribution in [1.29, 1.82) is 0 Å². The number of hydrogen-bond donors (Lipinski definition) is 3. The first-order valence-electron chi connectivity index (χ1n) is 3.48. The van der Waals surface area contributed by atoms with E-state index in [4.69, 9.17) is 5.73 Å². The van der Waals surface area contributed by atoms with Gasteiger partial charge in [-0.15, -0.1) is 12.4 Å². The Morgan fingerprint density at radius 1 is 1.73 bits per heavy atom. The molecule has 0 spiro atoms. The Morgan fingerprint density at radius 3 is 3.09 bits per heavy atom. The van der Waals surface area contributed by atoms with Crippen molar-refractivity contribution in [3.8, 4) is 0 Å². The second-order valence-electron chi connectivity index (χ2n) is 2.80. The molecule has 2 aliphatic rings. The molecule has 4 N–H and O–H groups in total. The first kappa shape index (κ1) is 8.64. The van der Waals surface area contributed by atoms with E-state index in [0.717, 1.165) is 6.54 Å². The van der Waals surface area contributed by atoms with Crippen LogP contribution >= 0.6 is 12.4 Å². The molecule has 2 rings (SSSR count). The minimum Gasteiger partial charge on any atom is -0.389 e. The summed E-state index contributed by atoms with van der Waals surface area (Å²) in [6.07, 6.45) is 2.11. The van der Waals surface area contributed by atoms with Crippen molar-refractivity contribution in [2.45, 2.75) is 6.17 Å². The predicted octanol–water partition coefficient (Wildman–Crippen LogP) is -0.796. The minimum absolute atomic E-state index is 0. The van der Waals surface area contributed by atoms with Gasteiger partial charge in [0.15, 0.2) is 0 Å². The molecular weight excluding hydrogens is 164 g/mol. The lowest BCUT2D eigenvalue weighted by Crippen LogP contribution is -2.41. The SMILES string of the molecule is CN1NC(N)C2CNC=C21.Cl. The van der Waals surface area contributed by atoms with Crippen LogP contribution in [0.15, 0.2) is 11.9 Å². The molecule has 5 heteroatoms. The van der Waals surface area contributed by atoms with E-state index >= 15 is 0 Å². The quantitative estimate of drug-likeness (QED) is 0.453. The average Bonchev–Trinajstić information content (AvgIpc) is 2.39. The molecule has 2 atom stereocenters. The number of hydrogen-bond acceptors (Lipinski definition) is 4. The number of rotatable bonds is 0. The summed E-state index contributed by atoms with van der Waals surface area (Å²) in [6, 6.07) is 0. The van der Waals surface area contributed by atoms with E-state index in [2.05, 4.69) is 10.7 Å². The van der Waals surface area contributed by atoms with E-state index in [-0.39, 0.29) is 18.6 Å². The van der Waals surface area contributed by atoms with Crippen LogP contribution in [0, 0.1) is 5.92 Å². The molecule has 0 saturated carbocycles. The topological polar surface area (TPSA) is 53.3 Å². The molecule has 0 aromatic rings. The van der Waals surface area contributed by atoms with Crippen LogP contribution in [-0.4, -0.2) is 24.8 Å². The first-order valence-corrected chi connectivity index (χ1v) is 3.48. The maximum atomic E-state index is 5.78. The molecule has 0 aromatic carbocycles. The zero-order valence-corrected chi connectivity index (χ0v) is 7.19. The third kappa shape index (κ3) is 1.17. The summed E-state index contributed by atoms with van der Waals surface area (Å²) < 4.78 is 0. The van der Waals surface area contributed by atoms with Crippen LogP contribution in [0.25, 0.3) is 0 Å². The fraction of sp³-hybridized carbons (Fsp3) is 0.667. The van der Waals surface area contributed by atoms with Gasteiger partial charge in [0, 0.05) is 25.7 Å². The van der Waals surface area contributed by atoms with Gasteiger partial charge in [-0.25, -0.2) is 5.43 Å². The molecule has 0 bridgehead atoms. The van der Waals surface area contributed by atoms with Crippen molar-refractivity contribution in [3.05, 3.63) is 11.9 Å². The van der Waals surface area contributed by atoms with Gasteiger partial charge < -0.3 is 16.1 Å². The van der Waals surface area contributed by atoms with E-state index in [1.54, 1.807) is 0 Å². The summed E-state index contributed by atoms with van der Waals surface area (Å²) >= 11 is 0. The lowest BCUT2D eigenvalue weighted by molar-refractivity contribution is 0.323. The van der Waals surface area contributed by atoms with E-state index in [9.17, 15) is 0 Å². The van der Waals surface area contributed by atoms with Crippen LogP contribution in [0.4, 0.5) is 0 Å². The summed E-state index contributed by atoms with van der Waals surface area (Å²) in [7, 11) is 1.98. The van der Waals surface area contributed by atoms with Gasteiger partial charge in [-0.2, -0.15) is 0 Å². The summed E-state index contributed by atoms with van der Waals surface area (Å²) in [5, 5.41) is 5.14. The molecule has 0 amide bonds. The highest BCUT2D eigenvalue weighted by molar-refractivity contribution is 5.85. The van der Waals surface area contributed by atoms with Crippen LogP contribution in [0.5, 0.6) is 0 Å². The Labute approximate surface area is 72.2 Å². The van der Waals surface area contributed by atoms with Crippen molar-refractivity contribution < 1.29 is 0 Å². The normalized spacial score (nSPS) is 34.0. The average molecular weight is 177 g/mol. The largest absolute Gasteiger partial charge is 0.389 e. The van der Waals surface area contributed by atoms with E-state index in [1.165, 1.54) is 5.70 Å². The molecule has 0 aliphatic carbocycles. The first-order chi connectivity index (χ1) is 4.79. The minimum atomic E-state index is 0. The molecule has 2 heterocycles. The Bertz CT molecular complexity index is 181. The molecule has 1 fully saturated rings. The molecule has 11 heavy (non-hydrogen) atoms. The van der Waals surface area contributed by atoms with Gasteiger partial charge in [-0.3, -0.25) is 0 Å². The van der Waals surface area contributed by atoms with Gasteiger partial charge >= 0.3 is 0 Å². The van der Waals surface area contributed by atoms with Gasteiger partial charge in [0.1, 0.15) is 0 Å². The highest BCUT2D eigenvalue weighted by Gasteiger charge is 2.34. The van der Waals surface area contributed by atoms with Crippen molar-refractivity contribution in [2.75, 3.05) is 13.6 Å². The third-order valence-corrected chi connectivity index (χ3v) is 2.13. The molecule has 0 aromatic heterocycles. The zero-order chi connectivity index (χ0) is 7.14. The molecule has 2 unspecified atom stereocenters. The number of hydrazine groups is 1. The molecule has 0 radical (unpaired) electrons. The standard InChI is InChI=1S/C6H12N4.ClH/c1-10-5-3-8-2-4(5)6(7)9-10;/h3-4,6,8-9H,2,7H2,1H3;1H. The van der Waals surface area contributed by atoms with Crippen LogP contribution in [0.3, 0.4) is 0 Å². The lowest BCUT2D eigenvalue weighted by Gasteiger charge is -2.11. The Kier molecular flexibility index (Phi) is 2.27. The van der Waals surface area contributed by atoms with E-state index in [0.29, 0.717) is 5.92 Å². The number of nitrogens with two attached hydrogens (primary N) is 1. The second-order valence-corrected chi connectivity index (χ2v) is 2.80. The van der Waals surface area contributed by atoms with Crippen LogP contribution < -0.4 is 16.5 Å². The summed E-state index contributed by atoms with van der Waals surface area (Å²) in [6.45, 7) is 0.966. The number of fused-ring (bicyclic) bond motifs is 1. The molecule has 64 valence electrons. The lowest BCUT2D eigenvalue weighted by atomic mass is 10.1. The molecule has 2 aliphatic heterocycles. The highest BCUT2D eigenvalue weighted by Crippen LogP contribution is 2.24. The van der Waals surface area contributed by atoms with Gasteiger partial charge in [0.2, 0.25) is 0 Å². The Morgan fingerprint density at radius 2 is 2.45 bits per heavy atom. The van der Waals surface area contributed by atoms with Crippen LogP contribution in [0.1, 0.15) is 0 Å². The van der Waals surface area contributed by atoms with Crippen LogP contribution in [0.2, 0.25) is 0 Å². The van der Waals surface area contributed by atoms with Crippen molar-refractivity contribution in [1.82, 2.24) is 15.8 Å². The number of nitrogens with zero attached hydrogens (tertiary/aromatic N) is 1.